The first-order chi connectivity index (χ1) is 18.7. The van der Waals surface area contributed by atoms with Crippen molar-refractivity contribution in [2.75, 3.05) is 13.2 Å². The number of fused-ring (bicyclic) bond motifs is 2. The van der Waals surface area contributed by atoms with Gasteiger partial charge < -0.3 is 25.3 Å². The van der Waals surface area contributed by atoms with Gasteiger partial charge in [-0.15, -0.1) is 0 Å². The average Bonchev–Trinajstić information content (AvgIpc) is 3.45. The lowest BCUT2D eigenvalue weighted by Gasteiger charge is -2.31. The van der Waals surface area contributed by atoms with E-state index in [0.717, 1.165) is 18.2 Å². The second-order valence-electron chi connectivity index (χ2n) is 9.68. The van der Waals surface area contributed by atoms with Crippen LogP contribution in [0.1, 0.15) is 34.4 Å². The Morgan fingerprint density at radius 2 is 1.82 bits per heavy atom. The molecule has 2 aromatic heterocycles. The van der Waals surface area contributed by atoms with Gasteiger partial charge in [0, 0.05) is 23.6 Å². The highest BCUT2D eigenvalue weighted by Gasteiger charge is 2.57. The number of hydrogen-bond donors (Lipinski definition) is 3. The fourth-order valence-corrected chi connectivity index (χ4v) is 4.43. The summed E-state index contributed by atoms with van der Waals surface area (Å²) in [6, 6.07) is 9.70. The minimum atomic E-state index is -5.34. The quantitative estimate of drug-likeness (QED) is 0.307. The molecule has 1 unspecified atom stereocenters. The van der Waals surface area contributed by atoms with Crippen LogP contribution in [0.15, 0.2) is 52.9 Å². The number of alkyl halides is 3. The lowest BCUT2D eigenvalue weighted by molar-refractivity contribution is -0.265. The maximum absolute atomic E-state index is 14.5. The molecule has 0 bridgehead atoms. The van der Waals surface area contributed by atoms with Gasteiger partial charge in [0.25, 0.3) is 5.91 Å². The Labute approximate surface area is 224 Å². The van der Waals surface area contributed by atoms with Crippen LogP contribution >= 0.6 is 0 Å². The first kappa shape index (κ1) is 27.1. The van der Waals surface area contributed by atoms with Gasteiger partial charge in [0.1, 0.15) is 34.8 Å². The van der Waals surface area contributed by atoms with Crippen molar-refractivity contribution in [3.05, 3.63) is 77.1 Å². The zero-order valence-corrected chi connectivity index (χ0v) is 21.1. The highest BCUT2D eigenvalue weighted by molar-refractivity contribution is 5.97. The number of nitrogens with zero attached hydrogens (tertiary/aromatic N) is 2. The van der Waals surface area contributed by atoms with Gasteiger partial charge in [-0.05, 0) is 55.5 Å². The molecule has 13 heteroatoms. The number of halogens is 4. The van der Waals surface area contributed by atoms with E-state index in [1.807, 2.05) is 0 Å². The molecule has 40 heavy (non-hydrogen) atoms. The maximum atomic E-state index is 14.5. The molecule has 2 aromatic carbocycles. The standard InChI is InChI=1S/C27H22F4N4O5/c1-13-34-18-8-5-15(9-19(18)40-13)23(36)33-11-26(38,27(29,30)31)20-10-17-22(39-12-25(17,2)24(32)37)21(35-20)14-3-6-16(28)7-4-14/h3-10,38H,11-12H2,1-2H3,(H2,32,37)(H,33,36)/t25-,26?/m0/s1. The van der Waals surface area contributed by atoms with Crippen LogP contribution in [0.3, 0.4) is 0 Å². The molecule has 0 aliphatic carbocycles. The fourth-order valence-electron chi connectivity index (χ4n) is 4.43. The van der Waals surface area contributed by atoms with Crippen molar-refractivity contribution in [2.45, 2.75) is 31.0 Å². The minimum Gasteiger partial charge on any atom is -0.489 e. The van der Waals surface area contributed by atoms with Gasteiger partial charge in [0.2, 0.25) is 11.5 Å². The first-order valence-electron chi connectivity index (χ1n) is 11.9. The summed E-state index contributed by atoms with van der Waals surface area (Å²) in [4.78, 5) is 33.3. The van der Waals surface area contributed by atoms with Crippen LogP contribution in [-0.2, 0) is 15.8 Å². The highest BCUT2D eigenvalue weighted by atomic mass is 19.4. The summed E-state index contributed by atoms with van der Waals surface area (Å²) in [5.74, 6) is -2.10. The molecular formula is C27H22F4N4O5. The molecule has 1 aliphatic rings. The summed E-state index contributed by atoms with van der Waals surface area (Å²) >= 11 is 0. The number of aliphatic hydroxyl groups is 1. The number of carbonyl (C=O) groups excluding carboxylic acids is 2. The molecular weight excluding hydrogens is 536 g/mol. The Morgan fingerprint density at radius 3 is 2.48 bits per heavy atom. The largest absolute Gasteiger partial charge is 0.489 e. The van der Waals surface area contributed by atoms with Gasteiger partial charge in [-0.2, -0.15) is 13.2 Å². The molecule has 3 heterocycles. The van der Waals surface area contributed by atoms with Crippen LogP contribution in [0.25, 0.3) is 22.4 Å². The third-order valence-electron chi connectivity index (χ3n) is 6.89. The summed E-state index contributed by atoms with van der Waals surface area (Å²) < 4.78 is 68.1. The van der Waals surface area contributed by atoms with Crippen molar-refractivity contribution < 1.29 is 41.4 Å². The van der Waals surface area contributed by atoms with Crippen molar-refractivity contribution in [1.82, 2.24) is 15.3 Å². The highest BCUT2D eigenvalue weighted by Crippen LogP contribution is 2.47. The Bertz CT molecular complexity index is 1650. The molecule has 4 aromatic rings. The number of primary amides is 1. The van der Waals surface area contributed by atoms with Gasteiger partial charge in [0.05, 0.1) is 12.2 Å². The normalized spacial score (nSPS) is 18.2. The molecule has 2 amide bonds. The van der Waals surface area contributed by atoms with Crippen LogP contribution in [0.4, 0.5) is 17.6 Å². The number of aromatic nitrogens is 2. The van der Waals surface area contributed by atoms with E-state index in [-0.39, 0.29) is 40.3 Å². The molecule has 5 rings (SSSR count). The second kappa shape index (κ2) is 9.30. The molecule has 0 radical (unpaired) electrons. The molecule has 0 spiro atoms. The number of benzene rings is 2. The number of carbonyl (C=O) groups is 2. The number of aryl methyl sites for hydroxylation is 1. The number of hydrogen-bond acceptors (Lipinski definition) is 7. The predicted octanol–water partition coefficient (Wildman–Crippen LogP) is 3.65. The van der Waals surface area contributed by atoms with Crippen molar-refractivity contribution in [2.24, 2.45) is 5.73 Å². The number of rotatable bonds is 6. The number of pyridine rings is 1. The van der Waals surface area contributed by atoms with Crippen molar-refractivity contribution in [1.29, 1.82) is 0 Å². The van der Waals surface area contributed by atoms with E-state index >= 15 is 0 Å². The minimum absolute atomic E-state index is 0.0270. The SMILES string of the molecule is Cc1nc2ccc(C(=O)NCC(O)(c3cc4c(c(-c5ccc(F)cc5)n3)OC[C@]4(C)C(N)=O)C(F)(F)F)cc2o1. The molecule has 2 atom stereocenters. The number of ether oxygens (including phenoxy) is 1. The van der Waals surface area contributed by atoms with Gasteiger partial charge in [-0.1, -0.05) is 0 Å². The average molecular weight is 558 g/mol. The molecule has 9 nitrogen and oxygen atoms in total. The van der Waals surface area contributed by atoms with Crippen LogP contribution in [0.2, 0.25) is 0 Å². The van der Waals surface area contributed by atoms with Crippen molar-refractivity contribution in [3.63, 3.8) is 0 Å². The maximum Gasteiger partial charge on any atom is 0.424 e. The van der Waals surface area contributed by atoms with Crippen LogP contribution in [-0.4, -0.2) is 46.2 Å². The number of nitrogens with two attached hydrogens (primary N) is 1. The molecule has 0 saturated carbocycles. The zero-order valence-electron chi connectivity index (χ0n) is 21.1. The lowest BCUT2D eigenvalue weighted by atomic mass is 9.81. The van der Waals surface area contributed by atoms with Gasteiger partial charge in [0.15, 0.2) is 11.5 Å². The first-order valence-corrected chi connectivity index (χ1v) is 11.9. The molecule has 1 aliphatic heterocycles. The molecule has 0 fully saturated rings. The van der Waals surface area contributed by atoms with Crippen LogP contribution < -0.4 is 15.8 Å². The Hall–Kier alpha value is -4.52. The van der Waals surface area contributed by atoms with Crippen LogP contribution in [0.5, 0.6) is 5.75 Å². The van der Waals surface area contributed by atoms with E-state index in [2.05, 4.69) is 15.3 Å². The number of amides is 2. The summed E-state index contributed by atoms with van der Waals surface area (Å²) in [6.45, 7) is 1.36. The van der Waals surface area contributed by atoms with E-state index < -0.39 is 47.1 Å². The zero-order chi connectivity index (χ0) is 29.0. The Kier molecular flexibility index (Phi) is 6.29. The summed E-state index contributed by atoms with van der Waals surface area (Å²) in [5.41, 5.74) is 0.0191. The topological polar surface area (TPSA) is 141 Å². The molecule has 208 valence electrons. The van der Waals surface area contributed by atoms with E-state index in [9.17, 15) is 32.3 Å². The summed E-state index contributed by atoms with van der Waals surface area (Å²) in [6.07, 6.45) is -5.34. The van der Waals surface area contributed by atoms with Crippen molar-refractivity contribution in [3.8, 4) is 17.0 Å². The lowest BCUT2D eigenvalue weighted by Crippen LogP contribution is -2.51. The molecule has 0 saturated heterocycles. The number of nitrogens with one attached hydrogen (secondary N) is 1. The summed E-state index contributed by atoms with van der Waals surface area (Å²) in [7, 11) is 0. The fraction of sp³-hybridized carbons (Fsp3) is 0.259. The van der Waals surface area contributed by atoms with Crippen molar-refractivity contribution >= 4 is 22.9 Å². The van der Waals surface area contributed by atoms with E-state index in [4.69, 9.17) is 14.9 Å². The summed E-state index contributed by atoms with van der Waals surface area (Å²) in [5, 5.41) is 13.2. The third kappa shape index (κ3) is 4.41. The smallest absolute Gasteiger partial charge is 0.424 e. The van der Waals surface area contributed by atoms with E-state index in [1.165, 1.54) is 37.3 Å². The van der Waals surface area contributed by atoms with E-state index in [1.54, 1.807) is 6.92 Å². The number of oxazole rings is 1. The van der Waals surface area contributed by atoms with Gasteiger partial charge >= 0.3 is 6.18 Å². The van der Waals surface area contributed by atoms with Gasteiger partial charge in [-0.25, -0.2) is 14.4 Å². The van der Waals surface area contributed by atoms with Gasteiger partial charge in [-0.3, -0.25) is 9.59 Å². The van der Waals surface area contributed by atoms with Crippen LogP contribution in [0, 0.1) is 12.7 Å². The second-order valence-corrected chi connectivity index (χ2v) is 9.68. The van der Waals surface area contributed by atoms with E-state index in [0.29, 0.717) is 11.4 Å². The monoisotopic (exact) mass is 558 g/mol. The Morgan fingerprint density at radius 1 is 1.12 bits per heavy atom. The third-order valence-corrected chi connectivity index (χ3v) is 6.89. The predicted molar refractivity (Wildman–Crippen MR) is 133 cm³/mol. The Balaban J connectivity index is 1.58. The molecule has 4 N–H and O–H groups in total.